The number of rotatable bonds is 5. The van der Waals surface area contributed by atoms with Gasteiger partial charge in [-0.15, -0.1) is 0 Å². The van der Waals surface area contributed by atoms with Crippen molar-refractivity contribution in [3.63, 3.8) is 0 Å². The standard InChI is InChI=1S/C12H18O2/c1-3-6-12(13)10-7-5-8-11(9-10)14-4-2/h5,7-9,12-13H,3-4,6H2,1-2H3/t12-/m0/s1. The fourth-order valence-corrected chi connectivity index (χ4v) is 1.42. The minimum Gasteiger partial charge on any atom is -0.494 e. The number of aliphatic hydroxyl groups is 1. The van der Waals surface area contributed by atoms with Gasteiger partial charge in [0.15, 0.2) is 0 Å². The Kier molecular flexibility index (Phi) is 4.47. The molecule has 0 aliphatic heterocycles. The number of hydrogen-bond donors (Lipinski definition) is 1. The minimum absolute atomic E-state index is 0.361. The van der Waals surface area contributed by atoms with Gasteiger partial charge in [-0.2, -0.15) is 0 Å². The van der Waals surface area contributed by atoms with Crippen molar-refractivity contribution in [2.24, 2.45) is 0 Å². The topological polar surface area (TPSA) is 29.5 Å². The largest absolute Gasteiger partial charge is 0.494 e. The predicted molar refractivity (Wildman–Crippen MR) is 57.5 cm³/mol. The maximum Gasteiger partial charge on any atom is 0.119 e. The first kappa shape index (κ1) is 11.1. The van der Waals surface area contributed by atoms with Gasteiger partial charge in [0.05, 0.1) is 12.7 Å². The van der Waals surface area contributed by atoms with Crippen LogP contribution in [-0.4, -0.2) is 11.7 Å². The van der Waals surface area contributed by atoms with E-state index in [1.807, 2.05) is 31.2 Å². The van der Waals surface area contributed by atoms with Crippen molar-refractivity contribution in [2.75, 3.05) is 6.61 Å². The molecule has 1 aromatic carbocycles. The van der Waals surface area contributed by atoms with Gasteiger partial charge < -0.3 is 9.84 Å². The van der Waals surface area contributed by atoms with Gasteiger partial charge in [-0.1, -0.05) is 25.5 Å². The third kappa shape index (κ3) is 3.04. The second-order valence-corrected chi connectivity index (χ2v) is 3.31. The highest BCUT2D eigenvalue weighted by Gasteiger charge is 2.06. The van der Waals surface area contributed by atoms with Crippen LogP contribution in [0.5, 0.6) is 5.75 Å². The lowest BCUT2D eigenvalue weighted by Gasteiger charge is -2.11. The first-order valence-corrected chi connectivity index (χ1v) is 5.18. The molecule has 14 heavy (non-hydrogen) atoms. The molecule has 0 saturated heterocycles. The number of benzene rings is 1. The highest BCUT2D eigenvalue weighted by atomic mass is 16.5. The molecular formula is C12H18O2. The molecule has 0 bridgehead atoms. The van der Waals surface area contributed by atoms with Crippen LogP contribution in [0.4, 0.5) is 0 Å². The molecule has 78 valence electrons. The molecule has 0 unspecified atom stereocenters. The van der Waals surface area contributed by atoms with Crippen LogP contribution in [0.25, 0.3) is 0 Å². The average Bonchev–Trinajstić information content (AvgIpc) is 2.19. The predicted octanol–water partition coefficient (Wildman–Crippen LogP) is 2.92. The van der Waals surface area contributed by atoms with Crippen molar-refractivity contribution in [1.82, 2.24) is 0 Å². The van der Waals surface area contributed by atoms with Gasteiger partial charge in [-0.25, -0.2) is 0 Å². The molecule has 0 spiro atoms. The zero-order valence-corrected chi connectivity index (χ0v) is 8.86. The van der Waals surface area contributed by atoms with Crippen LogP contribution in [-0.2, 0) is 0 Å². The lowest BCUT2D eigenvalue weighted by atomic mass is 10.1. The Hall–Kier alpha value is -1.02. The van der Waals surface area contributed by atoms with E-state index in [1.54, 1.807) is 0 Å². The molecule has 0 radical (unpaired) electrons. The highest BCUT2D eigenvalue weighted by Crippen LogP contribution is 2.22. The van der Waals surface area contributed by atoms with Crippen LogP contribution in [0.3, 0.4) is 0 Å². The summed E-state index contributed by atoms with van der Waals surface area (Å²) >= 11 is 0. The Balaban J connectivity index is 2.71. The van der Waals surface area contributed by atoms with E-state index in [1.165, 1.54) is 0 Å². The summed E-state index contributed by atoms with van der Waals surface area (Å²) in [7, 11) is 0. The molecule has 0 aliphatic rings. The SMILES string of the molecule is CCC[C@H](O)c1cccc(OCC)c1. The van der Waals surface area contributed by atoms with E-state index in [9.17, 15) is 5.11 Å². The number of aliphatic hydroxyl groups excluding tert-OH is 1. The minimum atomic E-state index is -0.361. The zero-order valence-electron chi connectivity index (χ0n) is 8.86. The van der Waals surface area contributed by atoms with E-state index >= 15 is 0 Å². The molecule has 0 heterocycles. The van der Waals surface area contributed by atoms with Crippen LogP contribution in [0.2, 0.25) is 0 Å². The van der Waals surface area contributed by atoms with Crippen LogP contribution in [0.15, 0.2) is 24.3 Å². The fraction of sp³-hybridized carbons (Fsp3) is 0.500. The maximum atomic E-state index is 9.76. The zero-order chi connectivity index (χ0) is 10.4. The van der Waals surface area contributed by atoms with Crippen molar-refractivity contribution in [1.29, 1.82) is 0 Å². The fourth-order valence-electron chi connectivity index (χ4n) is 1.42. The Morgan fingerprint density at radius 2 is 2.14 bits per heavy atom. The van der Waals surface area contributed by atoms with Crippen LogP contribution in [0.1, 0.15) is 38.4 Å². The second kappa shape index (κ2) is 5.66. The van der Waals surface area contributed by atoms with Gasteiger partial charge in [0.2, 0.25) is 0 Å². The third-order valence-corrected chi connectivity index (χ3v) is 2.12. The van der Waals surface area contributed by atoms with E-state index < -0.39 is 0 Å². The summed E-state index contributed by atoms with van der Waals surface area (Å²) in [5.74, 6) is 0.833. The second-order valence-electron chi connectivity index (χ2n) is 3.31. The molecule has 0 saturated carbocycles. The van der Waals surface area contributed by atoms with Gasteiger partial charge >= 0.3 is 0 Å². The molecule has 1 rings (SSSR count). The first-order chi connectivity index (χ1) is 6.77. The summed E-state index contributed by atoms with van der Waals surface area (Å²) in [6.07, 6.45) is 1.43. The molecule has 1 N–H and O–H groups in total. The Morgan fingerprint density at radius 1 is 1.36 bits per heavy atom. The monoisotopic (exact) mass is 194 g/mol. The van der Waals surface area contributed by atoms with Gasteiger partial charge in [-0.05, 0) is 31.0 Å². The Labute approximate surface area is 85.5 Å². The molecule has 1 atom stereocenters. The molecule has 0 aliphatic carbocycles. The summed E-state index contributed by atoms with van der Waals surface area (Å²) in [6, 6.07) is 7.66. The van der Waals surface area contributed by atoms with Crippen molar-refractivity contribution < 1.29 is 9.84 Å². The molecule has 0 fully saturated rings. The van der Waals surface area contributed by atoms with E-state index in [0.29, 0.717) is 6.61 Å². The Bertz CT molecular complexity index is 271. The normalized spacial score (nSPS) is 12.5. The van der Waals surface area contributed by atoms with E-state index in [0.717, 1.165) is 24.2 Å². The molecule has 2 heteroatoms. The van der Waals surface area contributed by atoms with Crippen molar-refractivity contribution in [2.45, 2.75) is 32.8 Å². The van der Waals surface area contributed by atoms with E-state index in [4.69, 9.17) is 4.74 Å². The summed E-state index contributed by atoms with van der Waals surface area (Å²) in [6.45, 7) is 4.68. The molecule has 1 aromatic rings. The van der Waals surface area contributed by atoms with Gasteiger partial charge in [0.1, 0.15) is 5.75 Å². The maximum absolute atomic E-state index is 9.76. The highest BCUT2D eigenvalue weighted by molar-refractivity contribution is 5.29. The number of hydrogen-bond acceptors (Lipinski definition) is 2. The van der Waals surface area contributed by atoms with E-state index in [-0.39, 0.29) is 6.10 Å². The van der Waals surface area contributed by atoms with Crippen molar-refractivity contribution in [3.8, 4) is 5.75 Å². The van der Waals surface area contributed by atoms with Gasteiger partial charge in [0.25, 0.3) is 0 Å². The van der Waals surface area contributed by atoms with Crippen molar-refractivity contribution in [3.05, 3.63) is 29.8 Å². The first-order valence-electron chi connectivity index (χ1n) is 5.18. The number of ether oxygens (including phenoxy) is 1. The Morgan fingerprint density at radius 3 is 2.79 bits per heavy atom. The van der Waals surface area contributed by atoms with E-state index in [2.05, 4.69) is 6.92 Å². The molecular weight excluding hydrogens is 176 g/mol. The van der Waals surface area contributed by atoms with Crippen LogP contribution >= 0.6 is 0 Å². The lowest BCUT2D eigenvalue weighted by molar-refractivity contribution is 0.166. The summed E-state index contributed by atoms with van der Waals surface area (Å²) in [5.41, 5.74) is 0.942. The smallest absolute Gasteiger partial charge is 0.119 e. The summed E-state index contributed by atoms with van der Waals surface area (Å²) in [5, 5.41) is 9.76. The summed E-state index contributed by atoms with van der Waals surface area (Å²) in [4.78, 5) is 0. The van der Waals surface area contributed by atoms with Gasteiger partial charge in [-0.3, -0.25) is 0 Å². The van der Waals surface area contributed by atoms with Crippen molar-refractivity contribution >= 4 is 0 Å². The van der Waals surface area contributed by atoms with Crippen LogP contribution < -0.4 is 4.74 Å². The molecule has 0 amide bonds. The lowest BCUT2D eigenvalue weighted by Crippen LogP contribution is -1.98. The average molecular weight is 194 g/mol. The molecule has 0 aromatic heterocycles. The van der Waals surface area contributed by atoms with Gasteiger partial charge in [0, 0.05) is 0 Å². The van der Waals surface area contributed by atoms with Crippen LogP contribution in [0, 0.1) is 0 Å². The quantitative estimate of drug-likeness (QED) is 0.781. The third-order valence-electron chi connectivity index (χ3n) is 2.12. The summed E-state index contributed by atoms with van der Waals surface area (Å²) < 4.78 is 5.36. The molecule has 2 nitrogen and oxygen atoms in total.